The molecule has 0 spiro atoms. The number of amides is 1. The Morgan fingerprint density at radius 1 is 1.19 bits per heavy atom. The summed E-state index contributed by atoms with van der Waals surface area (Å²) in [5.74, 6) is 2.24. The van der Waals surface area contributed by atoms with Crippen LogP contribution in [0.15, 0.2) is 42.6 Å². The number of rotatable bonds is 6. The van der Waals surface area contributed by atoms with Gasteiger partial charge in [0.1, 0.15) is 11.6 Å². The highest BCUT2D eigenvalue weighted by Crippen LogP contribution is 2.21. The molecule has 1 atom stereocenters. The molecule has 2 heterocycles. The Labute approximate surface area is 155 Å². The summed E-state index contributed by atoms with van der Waals surface area (Å²) in [6.07, 6.45) is 3.31. The maximum Gasteiger partial charge on any atom is 0.223 e. The Hall–Kier alpha value is -2.43. The van der Waals surface area contributed by atoms with Gasteiger partial charge in [-0.25, -0.2) is 9.97 Å². The van der Waals surface area contributed by atoms with Gasteiger partial charge >= 0.3 is 0 Å². The molecule has 1 N–H and O–H groups in total. The van der Waals surface area contributed by atoms with Crippen molar-refractivity contribution in [1.29, 1.82) is 0 Å². The van der Waals surface area contributed by atoms with Crippen LogP contribution in [-0.4, -0.2) is 40.4 Å². The summed E-state index contributed by atoms with van der Waals surface area (Å²) in [6.45, 7) is 8.68. The molecular formula is C21H28N4O. The van der Waals surface area contributed by atoms with E-state index >= 15 is 0 Å². The van der Waals surface area contributed by atoms with Gasteiger partial charge < -0.3 is 10.2 Å². The predicted molar refractivity (Wildman–Crippen MR) is 104 cm³/mol. The predicted octanol–water partition coefficient (Wildman–Crippen LogP) is 3.28. The number of likely N-dealkylation sites (tertiary alicyclic amines) is 1. The summed E-state index contributed by atoms with van der Waals surface area (Å²) in [5.41, 5.74) is 1.20. The van der Waals surface area contributed by atoms with E-state index in [-0.39, 0.29) is 11.3 Å². The van der Waals surface area contributed by atoms with Crippen molar-refractivity contribution in [2.45, 2.75) is 39.0 Å². The highest BCUT2D eigenvalue weighted by atomic mass is 16.2. The number of anilines is 1. The first-order chi connectivity index (χ1) is 12.4. The lowest BCUT2D eigenvalue weighted by Crippen LogP contribution is -2.28. The molecule has 3 rings (SSSR count). The van der Waals surface area contributed by atoms with Gasteiger partial charge in [-0.3, -0.25) is 4.79 Å². The molecule has 0 aliphatic carbocycles. The standard InChI is InChI=1S/C21H28N4O/c1-21(2,3)20-22-11-9-18(24-20)23-14-17-13-19(26)25(15-17)12-10-16-7-5-4-6-8-16/h4-9,11,17H,10,12-15H2,1-3H3,(H,22,23,24). The molecule has 2 aromatic rings. The molecule has 1 aromatic heterocycles. The quantitative estimate of drug-likeness (QED) is 0.867. The van der Waals surface area contributed by atoms with E-state index in [0.29, 0.717) is 12.3 Å². The fourth-order valence-electron chi connectivity index (χ4n) is 3.18. The van der Waals surface area contributed by atoms with Gasteiger partial charge in [-0.15, -0.1) is 0 Å². The van der Waals surface area contributed by atoms with Crippen LogP contribution in [-0.2, 0) is 16.6 Å². The summed E-state index contributed by atoms with van der Waals surface area (Å²) >= 11 is 0. The fourth-order valence-corrected chi connectivity index (χ4v) is 3.18. The SMILES string of the molecule is CC(C)(C)c1nccc(NCC2CC(=O)N(CCc3ccccc3)C2)n1. The molecule has 26 heavy (non-hydrogen) atoms. The second-order valence-electron chi connectivity index (χ2n) is 8.04. The van der Waals surface area contributed by atoms with Crippen LogP contribution in [0.25, 0.3) is 0 Å². The molecule has 0 saturated carbocycles. The Balaban J connectivity index is 1.50. The third kappa shape index (κ3) is 4.81. The third-order valence-corrected chi connectivity index (χ3v) is 4.71. The lowest BCUT2D eigenvalue weighted by Gasteiger charge is -2.18. The van der Waals surface area contributed by atoms with E-state index in [4.69, 9.17) is 0 Å². The molecule has 138 valence electrons. The van der Waals surface area contributed by atoms with Crippen molar-refractivity contribution in [2.24, 2.45) is 5.92 Å². The van der Waals surface area contributed by atoms with E-state index in [2.05, 4.69) is 48.2 Å². The zero-order valence-electron chi connectivity index (χ0n) is 15.9. The van der Waals surface area contributed by atoms with E-state index in [1.54, 1.807) is 6.20 Å². The summed E-state index contributed by atoms with van der Waals surface area (Å²) < 4.78 is 0. The van der Waals surface area contributed by atoms with E-state index in [0.717, 1.165) is 37.7 Å². The van der Waals surface area contributed by atoms with Crippen LogP contribution in [0.5, 0.6) is 0 Å². The molecule has 0 radical (unpaired) electrons. The maximum atomic E-state index is 12.3. The number of benzene rings is 1. The minimum atomic E-state index is -0.0742. The zero-order chi connectivity index (χ0) is 18.6. The third-order valence-electron chi connectivity index (χ3n) is 4.71. The topological polar surface area (TPSA) is 58.1 Å². The van der Waals surface area contributed by atoms with Gasteiger partial charge in [0.15, 0.2) is 0 Å². The first-order valence-electron chi connectivity index (χ1n) is 9.31. The Morgan fingerprint density at radius 3 is 2.69 bits per heavy atom. The fraction of sp³-hybridized carbons (Fsp3) is 0.476. The van der Waals surface area contributed by atoms with Gasteiger partial charge in [0.25, 0.3) is 0 Å². The van der Waals surface area contributed by atoms with Crippen molar-refractivity contribution in [1.82, 2.24) is 14.9 Å². The lowest BCUT2D eigenvalue weighted by molar-refractivity contribution is -0.127. The normalized spacial score (nSPS) is 17.6. The first-order valence-corrected chi connectivity index (χ1v) is 9.31. The average Bonchev–Trinajstić information content (AvgIpc) is 2.98. The molecule has 1 saturated heterocycles. The molecule has 1 aromatic carbocycles. The summed E-state index contributed by atoms with van der Waals surface area (Å²) in [4.78, 5) is 23.2. The van der Waals surface area contributed by atoms with Gasteiger partial charge in [-0.2, -0.15) is 0 Å². The molecule has 5 nitrogen and oxygen atoms in total. The van der Waals surface area contributed by atoms with E-state index in [9.17, 15) is 4.79 Å². The average molecular weight is 352 g/mol. The molecule has 1 fully saturated rings. The summed E-state index contributed by atoms with van der Waals surface area (Å²) in [7, 11) is 0. The highest BCUT2D eigenvalue weighted by Gasteiger charge is 2.29. The van der Waals surface area contributed by atoms with Crippen LogP contribution in [0, 0.1) is 5.92 Å². The number of carbonyl (C=O) groups excluding carboxylic acids is 1. The van der Waals surface area contributed by atoms with Crippen LogP contribution >= 0.6 is 0 Å². The van der Waals surface area contributed by atoms with Gasteiger partial charge in [-0.05, 0) is 18.1 Å². The van der Waals surface area contributed by atoms with E-state index in [1.165, 1.54) is 5.56 Å². The summed E-state index contributed by atoms with van der Waals surface area (Å²) in [6, 6.07) is 12.2. The Kier molecular flexibility index (Phi) is 5.55. The van der Waals surface area contributed by atoms with E-state index < -0.39 is 0 Å². The number of carbonyl (C=O) groups is 1. The monoisotopic (exact) mass is 352 g/mol. The van der Waals surface area contributed by atoms with Crippen LogP contribution in [0.3, 0.4) is 0 Å². The maximum absolute atomic E-state index is 12.3. The number of nitrogens with one attached hydrogen (secondary N) is 1. The summed E-state index contributed by atoms with van der Waals surface area (Å²) in [5, 5.41) is 3.38. The first kappa shape index (κ1) is 18.4. The Morgan fingerprint density at radius 2 is 1.96 bits per heavy atom. The van der Waals surface area contributed by atoms with Crippen molar-refractivity contribution < 1.29 is 4.79 Å². The second kappa shape index (κ2) is 7.85. The highest BCUT2D eigenvalue weighted by molar-refractivity contribution is 5.78. The molecule has 1 aliphatic heterocycles. The van der Waals surface area contributed by atoms with Crippen molar-refractivity contribution in [2.75, 3.05) is 25.0 Å². The minimum Gasteiger partial charge on any atom is -0.370 e. The van der Waals surface area contributed by atoms with Gasteiger partial charge in [0, 0.05) is 43.6 Å². The van der Waals surface area contributed by atoms with Gasteiger partial charge in [0.05, 0.1) is 0 Å². The smallest absolute Gasteiger partial charge is 0.223 e. The Bertz CT molecular complexity index is 739. The van der Waals surface area contributed by atoms with Crippen LogP contribution in [0.4, 0.5) is 5.82 Å². The van der Waals surface area contributed by atoms with Crippen LogP contribution in [0.2, 0.25) is 0 Å². The number of hydrogen-bond donors (Lipinski definition) is 1. The zero-order valence-corrected chi connectivity index (χ0v) is 15.9. The number of nitrogens with zero attached hydrogens (tertiary/aromatic N) is 3. The number of hydrogen-bond acceptors (Lipinski definition) is 4. The van der Waals surface area contributed by atoms with Crippen LogP contribution < -0.4 is 5.32 Å². The minimum absolute atomic E-state index is 0.0742. The molecular weight excluding hydrogens is 324 g/mol. The molecule has 0 bridgehead atoms. The van der Waals surface area contributed by atoms with Crippen LogP contribution in [0.1, 0.15) is 38.6 Å². The van der Waals surface area contributed by atoms with E-state index in [1.807, 2.05) is 29.2 Å². The van der Waals surface area contributed by atoms with Crippen molar-refractivity contribution in [3.63, 3.8) is 0 Å². The molecule has 1 unspecified atom stereocenters. The van der Waals surface area contributed by atoms with Crippen molar-refractivity contribution >= 4 is 11.7 Å². The molecule has 1 aliphatic rings. The lowest BCUT2D eigenvalue weighted by atomic mass is 9.96. The molecule has 5 heteroatoms. The number of aromatic nitrogens is 2. The van der Waals surface area contributed by atoms with Crippen molar-refractivity contribution in [3.05, 3.63) is 54.0 Å². The second-order valence-corrected chi connectivity index (χ2v) is 8.04. The van der Waals surface area contributed by atoms with Gasteiger partial charge in [-0.1, -0.05) is 51.1 Å². The van der Waals surface area contributed by atoms with Crippen molar-refractivity contribution in [3.8, 4) is 0 Å². The largest absolute Gasteiger partial charge is 0.370 e. The van der Waals surface area contributed by atoms with Gasteiger partial charge in [0.2, 0.25) is 5.91 Å². The molecule has 1 amide bonds.